The standard InChI is InChI=1S/C14H20N2O4/c1-5-10(4)16(7-11(17)18)14(20)12-8(2)6-9(3)15-13(12)19/h6,10H,5,7H2,1-4H3,(H,15,19)(H,17,18). The first-order chi connectivity index (χ1) is 9.27. The number of aromatic amines is 1. The van der Waals surface area contributed by atoms with Crippen molar-refractivity contribution in [2.75, 3.05) is 6.54 Å². The number of aliphatic carboxylic acids is 1. The number of carboxylic acids is 1. The van der Waals surface area contributed by atoms with Gasteiger partial charge in [-0.25, -0.2) is 0 Å². The van der Waals surface area contributed by atoms with E-state index in [9.17, 15) is 14.4 Å². The summed E-state index contributed by atoms with van der Waals surface area (Å²) in [6, 6.07) is 1.45. The highest BCUT2D eigenvalue weighted by molar-refractivity contribution is 5.97. The predicted octanol–water partition coefficient (Wildman–Crippen LogP) is 1.32. The number of amides is 1. The second-order valence-electron chi connectivity index (χ2n) is 4.92. The summed E-state index contributed by atoms with van der Waals surface area (Å²) in [7, 11) is 0. The summed E-state index contributed by atoms with van der Waals surface area (Å²) in [5, 5.41) is 8.93. The highest BCUT2D eigenvalue weighted by Crippen LogP contribution is 2.12. The van der Waals surface area contributed by atoms with Crippen LogP contribution in [0.3, 0.4) is 0 Å². The minimum atomic E-state index is -1.10. The van der Waals surface area contributed by atoms with E-state index in [0.29, 0.717) is 17.7 Å². The van der Waals surface area contributed by atoms with Gasteiger partial charge in [0.2, 0.25) is 0 Å². The molecule has 0 radical (unpaired) electrons. The lowest BCUT2D eigenvalue weighted by atomic mass is 10.1. The fourth-order valence-corrected chi connectivity index (χ4v) is 2.06. The number of nitrogens with one attached hydrogen (secondary N) is 1. The first-order valence-corrected chi connectivity index (χ1v) is 6.51. The fourth-order valence-electron chi connectivity index (χ4n) is 2.06. The van der Waals surface area contributed by atoms with Gasteiger partial charge in [0.15, 0.2) is 0 Å². The van der Waals surface area contributed by atoms with Gasteiger partial charge in [-0.1, -0.05) is 6.92 Å². The number of H-pyrrole nitrogens is 1. The number of aryl methyl sites for hydroxylation is 2. The van der Waals surface area contributed by atoms with Gasteiger partial charge in [-0.2, -0.15) is 0 Å². The molecule has 0 aliphatic rings. The summed E-state index contributed by atoms with van der Waals surface area (Å²) >= 11 is 0. The Morgan fingerprint density at radius 2 is 2.00 bits per heavy atom. The summed E-state index contributed by atoms with van der Waals surface area (Å²) in [4.78, 5) is 39.1. The molecule has 0 aliphatic heterocycles. The molecule has 0 fully saturated rings. The molecule has 1 rings (SSSR count). The third-order valence-corrected chi connectivity index (χ3v) is 3.27. The Morgan fingerprint density at radius 1 is 1.40 bits per heavy atom. The third-order valence-electron chi connectivity index (χ3n) is 3.27. The molecule has 1 heterocycles. The molecule has 0 saturated heterocycles. The molecule has 6 heteroatoms. The Balaban J connectivity index is 3.25. The van der Waals surface area contributed by atoms with Gasteiger partial charge >= 0.3 is 5.97 Å². The van der Waals surface area contributed by atoms with Crippen molar-refractivity contribution < 1.29 is 14.7 Å². The maximum absolute atomic E-state index is 12.5. The Bertz CT molecular complexity index is 577. The van der Waals surface area contributed by atoms with E-state index in [1.165, 1.54) is 4.90 Å². The number of carboxylic acid groups (broad SMARTS) is 1. The van der Waals surface area contributed by atoms with E-state index in [2.05, 4.69) is 4.98 Å². The minimum Gasteiger partial charge on any atom is -0.480 e. The van der Waals surface area contributed by atoms with Crippen LogP contribution in [0.2, 0.25) is 0 Å². The Morgan fingerprint density at radius 3 is 2.45 bits per heavy atom. The quantitative estimate of drug-likeness (QED) is 0.851. The predicted molar refractivity (Wildman–Crippen MR) is 75.0 cm³/mol. The molecule has 0 spiro atoms. The molecule has 1 aromatic heterocycles. The van der Waals surface area contributed by atoms with Gasteiger partial charge in [0, 0.05) is 11.7 Å². The number of carbonyl (C=O) groups excluding carboxylic acids is 1. The Hall–Kier alpha value is -2.11. The second-order valence-corrected chi connectivity index (χ2v) is 4.92. The van der Waals surface area contributed by atoms with Crippen molar-refractivity contribution in [2.45, 2.75) is 40.2 Å². The van der Waals surface area contributed by atoms with Crippen molar-refractivity contribution in [2.24, 2.45) is 0 Å². The zero-order valence-corrected chi connectivity index (χ0v) is 12.2. The molecule has 1 atom stereocenters. The van der Waals surface area contributed by atoms with Crippen molar-refractivity contribution >= 4 is 11.9 Å². The molecule has 0 bridgehead atoms. The van der Waals surface area contributed by atoms with Crippen LogP contribution in [0.25, 0.3) is 0 Å². The normalized spacial score (nSPS) is 12.0. The molecule has 2 N–H and O–H groups in total. The van der Waals surface area contributed by atoms with Crippen LogP contribution in [0.4, 0.5) is 0 Å². The van der Waals surface area contributed by atoms with Gasteiger partial charge in [-0.05, 0) is 38.8 Å². The number of hydrogen-bond acceptors (Lipinski definition) is 3. The summed E-state index contributed by atoms with van der Waals surface area (Å²) in [6.45, 7) is 6.61. The minimum absolute atomic E-state index is 0.0113. The number of pyridine rings is 1. The van der Waals surface area contributed by atoms with E-state index in [1.54, 1.807) is 26.8 Å². The Labute approximate surface area is 117 Å². The summed E-state index contributed by atoms with van der Waals surface area (Å²) in [5.74, 6) is -1.64. The molecule has 1 aromatic rings. The lowest BCUT2D eigenvalue weighted by molar-refractivity contribution is -0.138. The zero-order chi connectivity index (χ0) is 15.4. The monoisotopic (exact) mass is 280 g/mol. The van der Waals surface area contributed by atoms with Crippen molar-refractivity contribution in [1.29, 1.82) is 0 Å². The molecule has 20 heavy (non-hydrogen) atoms. The van der Waals surface area contributed by atoms with Gasteiger partial charge in [0.25, 0.3) is 11.5 Å². The van der Waals surface area contributed by atoms with Gasteiger partial charge in [-0.3, -0.25) is 14.4 Å². The molecule has 1 amide bonds. The number of rotatable bonds is 5. The highest BCUT2D eigenvalue weighted by atomic mass is 16.4. The van der Waals surface area contributed by atoms with Crippen LogP contribution >= 0.6 is 0 Å². The van der Waals surface area contributed by atoms with Gasteiger partial charge in [-0.15, -0.1) is 0 Å². The average Bonchev–Trinajstić information content (AvgIpc) is 2.33. The molecule has 0 saturated carbocycles. The molecule has 1 unspecified atom stereocenters. The van der Waals surface area contributed by atoms with Crippen LogP contribution in [-0.4, -0.2) is 39.5 Å². The molecule has 6 nitrogen and oxygen atoms in total. The van der Waals surface area contributed by atoms with Crippen LogP contribution in [0.1, 0.15) is 41.9 Å². The topological polar surface area (TPSA) is 90.5 Å². The van der Waals surface area contributed by atoms with Crippen LogP contribution in [0.5, 0.6) is 0 Å². The van der Waals surface area contributed by atoms with E-state index < -0.39 is 24.0 Å². The van der Waals surface area contributed by atoms with Crippen molar-refractivity contribution in [3.05, 3.63) is 33.2 Å². The van der Waals surface area contributed by atoms with Gasteiger partial charge in [0.1, 0.15) is 12.1 Å². The molecule has 110 valence electrons. The van der Waals surface area contributed by atoms with Gasteiger partial charge < -0.3 is 15.0 Å². The van der Waals surface area contributed by atoms with E-state index in [-0.39, 0.29) is 11.6 Å². The number of nitrogens with zero attached hydrogens (tertiary/aromatic N) is 1. The first kappa shape index (κ1) is 15.9. The largest absolute Gasteiger partial charge is 0.480 e. The van der Waals surface area contributed by atoms with E-state index >= 15 is 0 Å². The van der Waals surface area contributed by atoms with Crippen LogP contribution in [0.15, 0.2) is 10.9 Å². The van der Waals surface area contributed by atoms with Crippen LogP contribution < -0.4 is 5.56 Å². The summed E-state index contributed by atoms with van der Waals surface area (Å²) < 4.78 is 0. The molecule has 0 aliphatic carbocycles. The maximum Gasteiger partial charge on any atom is 0.323 e. The van der Waals surface area contributed by atoms with E-state index in [1.807, 2.05) is 6.92 Å². The number of hydrogen-bond donors (Lipinski definition) is 2. The van der Waals surface area contributed by atoms with E-state index in [0.717, 1.165) is 0 Å². The van der Waals surface area contributed by atoms with E-state index in [4.69, 9.17) is 5.11 Å². The maximum atomic E-state index is 12.5. The van der Waals surface area contributed by atoms with Crippen molar-refractivity contribution in [3.63, 3.8) is 0 Å². The fraction of sp³-hybridized carbons (Fsp3) is 0.500. The van der Waals surface area contributed by atoms with Crippen molar-refractivity contribution in [1.82, 2.24) is 9.88 Å². The zero-order valence-electron chi connectivity index (χ0n) is 12.2. The third kappa shape index (κ3) is 3.46. The second kappa shape index (κ2) is 6.36. The average molecular weight is 280 g/mol. The van der Waals surface area contributed by atoms with Crippen LogP contribution in [0, 0.1) is 13.8 Å². The van der Waals surface area contributed by atoms with Crippen LogP contribution in [-0.2, 0) is 4.79 Å². The summed E-state index contributed by atoms with van der Waals surface area (Å²) in [5.41, 5.74) is 0.746. The number of aromatic nitrogens is 1. The smallest absolute Gasteiger partial charge is 0.323 e. The lowest BCUT2D eigenvalue weighted by Crippen LogP contribution is -2.44. The SMILES string of the molecule is CCC(C)N(CC(=O)O)C(=O)c1c(C)cc(C)[nH]c1=O. The van der Waals surface area contributed by atoms with Crippen molar-refractivity contribution in [3.8, 4) is 0 Å². The Kier molecular flexibility index (Phi) is 5.07. The molecular formula is C14H20N2O4. The van der Waals surface area contributed by atoms with Gasteiger partial charge in [0.05, 0.1) is 0 Å². The molecule has 0 aromatic carbocycles. The first-order valence-electron chi connectivity index (χ1n) is 6.51. The lowest BCUT2D eigenvalue weighted by Gasteiger charge is -2.27. The highest BCUT2D eigenvalue weighted by Gasteiger charge is 2.26. The molecular weight excluding hydrogens is 260 g/mol. The number of carbonyl (C=O) groups is 2. The summed E-state index contributed by atoms with van der Waals surface area (Å²) in [6.07, 6.45) is 0.613.